The van der Waals surface area contributed by atoms with Crippen LogP contribution in [0, 0.1) is 11.8 Å². The maximum atomic E-state index is 12.2. The summed E-state index contributed by atoms with van der Waals surface area (Å²) in [4.78, 5) is 12.2. The highest BCUT2D eigenvalue weighted by Gasteiger charge is 2.34. The standard InChI is InChI=1S/C14H15ClO2/c15-12-3-1-9-2-4-13(11-7-17-8-11)14(16)6-10(9)5-12/h1,3,5,11,13H,2,4,6-8H2. The fraction of sp³-hybridized carbons (Fsp3) is 0.500. The lowest BCUT2D eigenvalue weighted by Crippen LogP contribution is -2.38. The highest BCUT2D eigenvalue weighted by molar-refractivity contribution is 6.30. The molecule has 2 aliphatic rings. The van der Waals surface area contributed by atoms with E-state index >= 15 is 0 Å². The summed E-state index contributed by atoms with van der Waals surface area (Å²) in [6.45, 7) is 1.51. The van der Waals surface area contributed by atoms with Crippen molar-refractivity contribution in [3.63, 3.8) is 0 Å². The predicted octanol–water partition coefficient (Wildman–Crippen LogP) is 2.66. The average molecular weight is 251 g/mol. The van der Waals surface area contributed by atoms with Gasteiger partial charge in [-0.25, -0.2) is 0 Å². The zero-order chi connectivity index (χ0) is 11.8. The number of hydrogen-bond acceptors (Lipinski definition) is 2. The van der Waals surface area contributed by atoms with Crippen LogP contribution in [-0.2, 0) is 22.4 Å². The van der Waals surface area contributed by atoms with Gasteiger partial charge in [-0.1, -0.05) is 17.7 Å². The Morgan fingerprint density at radius 3 is 2.76 bits per heavy atom. The van der Waals surface area contributed by atoms with Crippen molar-refractivity contribution in [3.05, 3.63) is 34.3 Å². The molecule has 0 amide bonds. The van der Waals surface area contributed by atoms with Gasteiger partial charge in [0.25, 0.3) is 0 Å². The summed E-state index contributed by atoms with van der Waals surface area (Å²) >= 11 is 5.98. The molecule has 1 fully saturated rings. The van der Waals surface area contributed by atoms with Crippen LogP contribution in [0.15, 0.2) is 18.2 Å². The average Bonchev–Trinajstić information content (AvgIpc) is 2.36. The number of rotatable bonds is 1. The molecule has 1 aliphatic heterocycles. The van der Waals surface area contributed by atoms with Crippen LogP contribution in [0.25, 0.3) is 0 Å². The van der Waals surface area contributed by atoms with Gasteiger partial charge < -0.3 is 4.74 Å². The molecule has 0 bridgehead atoms. The summed E-state index contributed by atoms with van der Waals surface area (Å²) < 4.78 is 5.20. The molecule has 1 saturated heterocycles. The van der Waals surface area contributed by atoms with Gasteiger partial charge in [-0.05, 0) is 36.1 Å². The van der Waals surface area contributed by atoms with Gasteiger partial charge in [0.2, 0.25) is 0 Å². The molecule has 0 aromatic heterocycles. The molecule has 3 rings (SSSR count). The smallest absolute Gasteiger partial charge is 0.140 e. The first-order valence-electron chi connectivity index (χ1n) is 6.12. The van der Waals surface area contributed by atoms with Gasteiger partial charge >= 0.3 is 0 Å². The zero-order valence-corrected chi connectivity index (χ0v) is 10.4. The van der Waals surface area contributed by atoms with Gasteiger partial charge in [0.05, 0.1) is 13.2 Å². The van der Waals surface area contributed by atoms with Crippen molar-refractivity contribution in [1.29, 1.82) is 0 Å². The first-order chi connectivity index (χ1) is 8.24. The van der Waals surface area contributed by atoms with Gasteiger partial charge in [-0.3, -0.25) is 4.79 Å². The Balaban J connectivity index is 1.85. The van der Waals surface area contributed by atoms with Crippen LogP contribution in [0.1, 0.15) is 17.5 Å². The lowest BCUT2D eigenvalue weighted by atomic mass is 9.84. The van der Waals surface area contributed by atoms with Crippen LogP contribution in [0.5, 0.6) is 0 Å². The number of halogens is 1. The summed E-state index contributed by atoms with van der Waals surface area (Å²) in [5.74, 6) is 1.00. The Labute approximate surface area is 106 Å². The van der Waals surface area contributed by atoms with Crippen LogP contribution in [0.2, 0.25) is 5.02 Å². The van der Waals surface area contributed by atoms with E-state index in [4.69, 9.17) is 16.3 Å². The zero-order valence-electron chi connectivity index (χ0n) is 9.62. The van der Waals surface area contributed by atoms with E-state index in [2.05, 4.69) is 6.07 Å². The Kier molecular flexibility index (Phi) is 2.93. The summed E-state index contributed by atoms with van der Waals surface area (Å²) in [6.07, 6.45) is 2.48. The SMILES string of the molecule is O=C1Cc2cc(Cl)ccc2CCC1C1COC1. The van der Waals surface area contributed by atoms with Gasteiger partial charge in [-0.15, -0.1) is 0 Å². The lowest BCUT2D eigenvalue weighted by molar-refractivity contribution is -0.132. The molecule has 0 spiro atoms. The second-order valence-corrected chi connectivity index (χ2v) is 5.44. The van der Waals surface area contributed by atoms with Gasteiger partial charge in [0.1, 0.15) is 5.78 Å². The molecule has 1 aliphatic carbocycles. The number of fused-ring (bicyclic) bond motifs is 1. The third-order valence-electron chi connectivity index (χ3n) is 3.90. The van der Waals surface area contributed by atoms with E-state index < -0.39 is 0 Å². The van der Waals surface area contributed by atoms with E-state index in [0.717, 1.165) is 36.6 Å². The molecule has 2 nitrogen and oxygen atoms in total. The van der Waals surface area contributed by atoms with Gasteiger partial charge in [0.15, 0.2) is 0 Å². The number of carbonyl (C=O) groups excluding carboxylic acids is 1. The summed E-state index contributed by atoms with van der Waals surface area (Å²) in [6, 6.07) is 5.91. The van der Waals surface area contributed by atoms with E-state index in [9.17, 15) is 4.79 Å². The minimum Gasteiger partial charge on any atom is -0.381 e. The summed E-state index contributed by atoms with van der Waals surface area (Å²) in [5.41, 5.74) is 2.40. The third-order valence-corrected chi connectivity index (χ3v) is 4.14. The molecular formula is C14H15ClO2. The maximum Gasteiger partial charge on any atom is 0.140 e. The van der Waals surface area contributed by atoms with Gasteiger partial charge in [-0.2, -0.15) is 0 Å². The quantitative estimate of drug-likeness (QED) is 0.717. The van der Waals surface area contributed by atoms with Crippen molar-refractivity contribution in [2.45, 2.75) is 19.3 Å². The third kappa shape index (κ3) is 2.12. The topological polar surface area (TPSA) is 26.3 Å². The molecule has 1 unspecified atom stereocenters. The molecule has 1 atom stereocenters. The number of hydrogen-bond donors (Lipinski definition) is 0. The second-order valence-electron chi connectivity index (χ2n) is 5.00. The van der Waals surface area contributed by atoms with E-state index in [-0.39, 0.29) is 5.92 Å². The maximum absolute atomic E-state index is 12.2. The molecule has 17 heavy (non-hydrogen) atoms. The molecular weight excluding hydrogens is 236 g/mol. The number of carbonyl (C=O) groups is 1. The lowest BCUT2D eigenvalue weighted by Gasteiger charge is -2.32. The minimum absolute atomic E-state index is 0.190. The van der Waals surface area contributed by atoms with Crippen molar-refractivity contribution < 1.29 is 9.53 Å². The number of ketones is 1. The molecule has 3 heteroatoms. The van der Waals surface area contributed by atoms with Gasteiger partial charge in [0, 0.05) is 23.3 Å². The Hall–Kier alpha value is -0.860. The molecule has 1 aromatic carbocycles. The molecule has 0 N–H and O–H groups in total. The minimum atomic E-state index is 0.190. The van der Waals surface area contributed by atoms with Crippen LogP contribution >= 0.6 is 11.6 Å². The van der Waals surface area contributed by atoms with E-state index in [1.807, 2.05) is 12.1 Å². The molecule has 1 heterocycles. The molecule has 1 aromatic rings. The number of benzene rings is 1. The largest absolute Gasteiger partial charge is 0.381 e. The normalized spacial score (nSPS) is 25.0. The van der Waals surface area contributed by atoms with Crippen LogP contribution in [0.3, 0.4) is 0 Å². The highest BCUT2D eigenvalue weighted by atomic mass is 35.5. The van der Waals surface area contributed by atoms with Crippen molar-refractivity contribution in [3.8, 4) is 0 Å². The first-order valence-corrected chi connectivity index (χ1v) is 6.49. The van der Waals surface area contributed by atoms with Crippen LogP contribution < -0.4 is 0 Å². The fourth-order valence-electron chi connectivity index (χ4n) is 2.78. The van der Waals surface area contributed by atoms with Crippen molar-refractivity contribution in [2.75, 3.05) is 13.2 Å². The van der Waals surface area contributed by atoms with E-state index in [1.54, 1.807) is 0 Å². The molecule has 90 valence electrons. The summed E-state index contributed by atoms with van der Waals surface area (Å²) in [7, 11) is 0. The van der Waals surface area contributed by atoms with E-state index in [1.165, 1.54) is 5.56 Å². The van der Waals surface area contributed by atoms with E-state index in [0.29, 0.717) is 18.1 Å². The molecule has 0 radical (unpaired) electrons. The highest BCUT2D eigenvalue weighted by Crippen LogP contribution is 2.31. The molecule has 0 saturated carbocycles. The monoisotopic (exact) mass is 250 g/mol. The summed E-state index contributed by atoms with van der Waals surface area (Å²) in [5, 5.41) is 0.724. The Morgan fingerprint density at radius 2 is 2.06 bits per heavy atom. The van der Waals surface area contributed by atoms with Crippen molar-refractivity contribution in [2.24, 2.45) is 11.8 Å². The number of aryl methyl sites for hydroxylation is 1. The predicted molar refractivity (Wildman–Crippen MR) is 66.3 cm³/mol. The Bertz CT molecular complexity index is 452. The number of ether oxygens (including phenoxy) is 1. The van der Waals surface area contributed by atoms with Crippen molar-refractivity contribution >= 4 is 17.4 Å². The number of Topliss-reactive ketones (excluding diaryl/α,β-unsaturated/α-hetero) is 1. The Morgan fingerprint density at radius 1 is 1.24 bits per heavy atom. The second kappa shape index (κ2) is 4.43. The first kappa shape index (κ1) is 11.2. The van der Waals surface area contributed by atoms with Crippen LogP contribution in [0.4, 0.5) is 0 Å². The van der Waals surface area contributed by atoms with Crippen molar-refractivity contribution in [1.82, 2.24) is 0 Å². The fourth-order valence-corrected chi connectivity index (χ4v) is 2.97. The van der Waals surface area contributed by atoms with Crippen LogP contribution in [-0.4, -0.2) is 19.0 Å².